The van der Waals surface area contributed by atoms with E-state index in [1.807, 2.05) is 43.8 Å². The van der Waals surface area contributed by atoms with E-state index >= 15 is 0 Å². The Morgan fingerprint density at radius 3 is 2.63 bits per heavy atom. The first-order chi connectivity index (χ1) is 12.9. The Morgan fingerprint density at radius 1 is 1.22 bits per heavy atom. The normalized spacial score (nSPS) is 16.9. The minimum Gasteiger partial charge on any atom is -0.493 e. The molecule has 0 aromatic heterocycles. The van der Waals surface area contributed by atoms with E-state index in [0.29, 0.717) is 18.0 Å². The third kappa shape index (κ3) is 7.87. The Balaban J connectivity index is 1.82. The monoisotopic (exact) mass is 398 g/mol. The van der Waals surface area contributed by atoms with Gasteiger partial charge in [0.25, 0.3) is 0 Å². The van der Waals surface area contributed by atoms with Crippen molar-refractivity contribution in [3.8, 4) is 11.5 Å². The lowest BCUT2D eigenvalue weighted by molar-refractivity contribution is 0.0230. The van der Waals surface area contributed by atoms with E-state index in [9.17, 15) is 5.11 Å². The largest absolute Gasteiger partial charge is 0.493 e. The van der Waals surface area contributed by atoms with Gasteiger partial charge in [0.1, 0.15) is 12.7 Å². The molecule has 1 aliphatic rings. The number of β-amino-alcohol motifs (C(OH)–C–C–N with tert-alkyl or cyclic N) is 1. The maximum atomic E-state index is 10.3. The minimum atomic E-state index is -0.504. The molecular formula is C20H34N2O4S. The molecule has 0 amide bonds. The summed E-state index contributed by atoms with van der Waals surface area (Å²) in [6.45, 7) is 8.56. The number of aliphatic hydroxyl groups is 1. The average Bonchev–Trinajstić information content (AvgIpc) is 2.67. The molecule has 0 radical (unpaired) electrons. The standard InChI is InChI=1S/C20H34N2O4S/c1-20(2,25-4)15-21-12-16-5-6-18(19(11-16)24-3)26-14-17(23)13-22-7-9-27-10-8-22/h5-6,11,17,21,23H,7-10,12-15H2,1-4H3/t17-/m1/s1. The van der Waals surface area contributed by atoms with Crippen molar-refractivity contribution in [2.45, 2.75) is 32.1 Å². The summed E-state index contributed by atoms with van der Waals surface area (Å²) in [6.07, 6.45) is -0.504. The summed E-state index contributed by atoms with van der Waals surface area (Å²) in [5.41, 5.74) is 0.911. The van der Waals surface area contributed by atoms with Gasteiger partial charge in [0.05, 0.1) is 12.7 Å². The number of hydrogen-bond donors (Lipinski definition) is 2. The fourth-order valence-electron chi connectivity index (χ4n) is 2.84. The quantitative estimate of drug-likeness (QED) is 0.591. The van der Waals surface area contributed by atoms with Crippen molar-refractivity contribution in [1.82, 2.24) is 10.2 Å². The van der Waals surface area contributed by atoms with Gasteiger partial charge in [-0.3, -0.25) is 4.90 Å². The average molecular weight is 399 g/mol. The van der Waals surface area contributed by atoms with Crippen LogP contribution in [-0.2, 0) is 11.3 Å². The fraction of sp³-hybridized carbons (Fsp3) is 0.700. The molecule has 0 unspecified atom stereocenters. The van der Waals surface area contributed by atoms with E-state index in [0.717, 1.165) is 43.2 Å². The number of benzene rings is 1. The van der Waals surface area contributed by atoms with Crippen molar-refractivity contribution in [2.24, 2.45) is 0 Å². The Labute approximate surface area is 167 Å². The van der Waals surface area contributed by atoms with E-state index in [2.05, 4.69) is 10.2 Å². The topological polar surface area (TPSA) is 63.2 Å². The third-order valence-electron chi connectivity index (χ3n) is 4.66. The summed E-state index contributed by atoms with van der Waals surface area (Å²) in [7, 11) is 3.35. The summed E-state index contributed by atoms with van der Waals surface area (Å²) in [5, 5.41) is 13.7. The zero-order valence-corrected chi connectivity index (χ0v) is 17.8. The number of ether oxygens (including phenoxy) is 3. The first kappa shape index (κ1) is 22.3. The van der Waals surface area contributed by atoms with Gasteiger partial charge in [0.15, 0.2) is 11.5 Å². The molecule has 1 aromatic rings. The van der Waals surface area contributed by atoms with Gasteiger partial charge in [0, 0.05) is 51.3 Å². The Morgan fingerprint density at radius 2 is 1.96 bits per heavy atom. The first-order valence-electron chi connectivity index (χ1n) is 9.47. The molecule has 0 saturated carbocycles. The molecule has 7 heteroatoms. The summed E-state index contributed by atoms with van der Waals surface area (Å²) < 4.78 is 16.7. The SMILES string of the molecule is COc1cc(CNCC(C)(C)OC)ccc1OC[C@H](O)CN1CCSCC1. The lowest BCUT2D eigenvalue weighted by Crippen LogP contribution is -2.40. The summed E-state index contributed by atoms with van der Waals surface area (Å²) in [4.78, 5) is 2.29. The molecule has 1 aromatic carbocycles. The van der Waals surface area contributed by atoms with Crippen molar-refractivity contribution in [2.75, 3.05) is 58.5 Å². The summed E-state index contributed by atoms with van der Waals surface area (Å²) in [6, 6.07) is 5.89. The lowest BCUT2D eigenvalue weighted by Gasteiger charge is -2.28. The van der Waals surface area contributed by atoms with Crippen LogP contribution in [0.5, 0.6) is 11.5 Å². The number of thioether (sulfide) groups is 1. The second-order valence-electron chi connectivity index (χ2n) is 7.43. The second kappa shape index (κ2) is 11.1. The molecular weight excluding hydrogens is 364 g/mol. The molecule has 154 valence electrons. The Bertz CT molecular complexity index is 565. The second-order valence-corrected chi connectivity index (χ2v) is 8.66. The molecule has 0 spiro atoms. The van der Waals surface area contributed by atoms with Crippen LogP contribution in [-0.4, -0.2) is 80.2 Å². The van der Waals surface area contributed by atoms with Crippen molar-refractivity contribution < 1.29 is 19.3 Å². The van der Waals surface area contributed by atoms with Crippen LogP contribution >= 0.6 is 11.8 Å². The van der Waals surface area contributed by atoms with Crippen LogP contribution in [0, 0.1) is 0 Å². The molecule has 1 aliphatic heterocycles. The van der Waals surface area contributed by atoms with Gasteiger partial charge < -0.3 is 24.6 Å². The summed E-state index contributed by atoms with van der Waals surface area (Å²) in [5.74, 6) is 3.62. The molecule has 0 aliphatic carbocycles. The molecule has 2 N–H and O–H groups in total. The van der Waals surface area contributed by atoms with Crippen LogP contribution in [0.1, 0.15) is 19.4 Å². The van der Waals surface area contributed by atoms with Gasteiger partial charge in [0.2, 0.25) is 0 Å². The lowest BCUT2D eigenvalue weighted by atomic mass is 10.1. The highest BCUT2D eigenvalue weighted by atomic mass is 32.2. The smallest absolute Gasteiger partial charge is 0.161 e. The molecule has 1 atom stereocenters. The maximum absolute atomic E-state index is 10.3. The number of rotatable bonds is 11. The highest BCUT2D eigenvalue weighted by Crippen LogP contribution is 2.28. The molecule has 0 bridgehead atoms. The zero-order valence-electron chi connectivity index (χ0n) is 17.0. The fourth-order valence-corrected chi connectivity index (χ4v) is 3.82. The summed E-state index contributed by atoms with van der Waals surface area (Å²) >= 11 is 1.97. The van der Waals surface area contributed by atoms with Crippen molar-refractivity contribution in [1.29, 1.82) is 0 Å². The molecule has 2 rings (SSSR count). The number of nitrogens with zero attached hydrogens (tertiary/aromatic N) is 1. The predicted molar refractivity (Wildman–Crippen MR) is 111 cm³/mol. The predicted octanol–water partition coefficient (Wildman–Crippen LogP) is 2.00. The Hall–Kier alpha value is -0.990. The van der Waals surface area contributed by atoms with Crippen LogP contribution in [0.25, 0.3) is 0 Å². The van der Waals surface area contributed by atoms with Crippen LogP contribution < -0.4 is 14.8 Å². The van der Waals surface area contributed by atoms with E-state index in [-0.39, 0.29) is 12.2 Å². The molecule has 1 heterocycles. The van der Waals surface area contributed by atoms with Crippen molar-refractivity contribution >= 4 is 11.8 Å². The first-order valence-corrected chi connectivity index (χ1v) is 10.6. The van der Waals surface area contributed by atoms with E-state index in [1.54, 1.807) is 14.2 Å². The minimum absolute atomic E-state index is 0.198. The molecule has 1 saturated heterocycles. The van der Waals surface area contributed by atoms with Crippen LogP contribution in [0.3, 0.4) is 0 Å². The maximum Gasteiger partial charge on any atom is 0.161 e. The number of methoxy groups -OCH3 is 2. The third-order valence-corrected chi connectivity index (χ3v) is 5.61. The highest BCUT2D eigenvalue weighted by molar-refractivity contribution is 7.99. The van der Waals surface area contributed by atoms with E-state index in [1.165, 1.54) is 0 Å². The zero-order chi connectivity index (χ0) is 19.7. The van der Waals surface area contributed by atoms with Gasteiger partial charge in [-0.1, -0.05) is 6.07 Å². The van der Waals surface area contributed by atoms with Crippen LogP contribution in [0.4, 0.5) is 0 Å². The van der Waals surface area contributed by atoms with E-state index in [4.69, 9.17) is 14.2 Å². The number of aliphatic hydroxyl groups excluding tert-OH is 1. The number of hydrogen-bond acceptors (Lipinski definition) is 7. The highest BCUT2D eigenvalue weighted by Gasteiger charge is 2.17. The van der Waals surface area contributed by atoms with E-state index < -0.39 is 6.10 Å². The Kier molecular flexibility index (Phi) is 9.18. The van der Waals surface area contributed by atoms with Crippen molar-refractivity contribution in [3.05, 3.63) is 23.8 Å². The van der Waals surface area contributed by atoms with Gasteiger partial charge in [-0.25, -0.2) is 0 Å². The molecule has 27 heavy (non-hydrogen) atoms. The van der Waals surface area contributed by atoms with Gasteiger partial charge in [-0.2, -0.15) is 11.8 Å². The van der Waals surface area contributed by atoms with Gasteiger partial charge in [-0.05, 0) is 31.5 Å². The molecule has 6 nitrogen and oxygen atoms in total. The van der Waals surface area contributed by atoms with Crippen LogP contribution in [0.15, 0.2) is 18.2 Å². The number of nitrogens with one attached hydrogen (secondary N) is 1. The van der Waals surface area contributed by atoms with Gasteiger partial charge in [-0.15, -0.1) is 0 Å². The van der Waals surface area contributed by atoms with Crippen molar-refractivity contribution in [3.63, 3.8) is 0 Å². The van der Waals surface area contributed by atoms with Crippen LogP contribution in [0.2, 0.25) is 0 Å². The van der Waals surface area contributed by atoms with Gasteiger partial charge >= 0.3 is 0 Å². The molecule has 1 fully saturated rings.